The van der Waals surface area contributed by atoms with Crippen molar-refractivity contribution in [3.63, 3.8) is 0 Å². The second kappa shape index (κ2) is 6.53. The Hall–Kier alpha value is -0.870. The molecule has 0 atom stereocenters. The molecule has 1 saturated heterocycles. The summed E-state index contributed by atoms with van der Waals surface area (Å²) in [5.74, 6) is 0.354. The molecule has 0 aliphatic carbocycles. The van der Waals surface area contributed by atoms with Crippen LogP contribution < -0.4 is 5.32 Å². The minimum absolute atomic E-state index is 0.126. The van der Waals surface area contributed by atoms with E-state index in [1.807, 2.05) is 4.90 Å². The summed E-state index contributed by atoms with van der Waals surface area (Å²) in [6.45, 7) is 7.73. The van der Waals surface area contributed by atoms with E-state index in [9.17, 15) is 4.79 Å². The van der Waals surface area contributed by atoms with Gasteiger partial charge in [-0.25, -0.2) is 0 Å². The second-order valence-corrected chi connectivity index (χ2v) is 6.31. The maximum absolute atomic E-state index is 12.9. The lowest BCUT2D eigenvalue weighted by molar-refractivity contribution is -0.144. The maximum atomic E-state index is 12.9. The molecule has 1 aliphatic heterocycles. The molecule has 0 bridgehead atoms. The SMILES string of the molecule is CCN(Cc1cccs1)C(=O)C1(CC)CCNCC1. The summed E-state index contributed by atoms with van der Waals surface area (Å²) in [6, 6.07) is 4.17. The van der Waals surface area contributed by atoms with Gasteiger partial charge in [0.25, 0.3) is 0 Å². The fraction of sp³-hybridized carbons (Fsp3) is 0.667. The molecule has 1 aromatic rings. The van der Waals surface area contributed by atoms with Gasteiger partial charge in [0.2, 0.25) is 5.91 Å². The van der Waals surface area contributed by atoms with Gasteiger partial charge in [0, 0.05) is 11.4 Å². The molecule has 2 heterocycles. The number of amides is 1. The van der Waals surface area contributed by atoms with Gasteiger partial charge in [-0.2, -0.15) is 0 Å². The van der Waals surface area contributed by atoms with E-state index in [0.29, 0.717) is 5.91 Å². The zero-order valence-corrected chi connectivity index (χ0v) is 12.8. The van der Waals surface area contributed by atoms with Gasteiger partial charge in [0.1, 0.15) is 0 Å². The van der Waals surface area contributed by atoms with Crippen LogP contribution in [0.1, 0.15) is 38.0 Å². The van der Waals surface area contributed by atoms with Crippen molar-refractivity contribution in [3.05, 3.63) is 22.4 Å². The number of hydrogen-bond acceptors (Lipinski definition) is 3. The van der Waals surface area contributed by atoms with Gasteiger partial charge in [-0.1, -0.05) is 13.0 Å². The van der Waals surface area contributed by atoms with E-state index in [1.165, 1.54) is 4.88 Å². The van der Waals surface area contributed by atoms with Crippen LogP contribution in [0.5, 0.6) is 0 Å². The lowest BCUT2D eigenvalue weighted by Gasteiger charge is -2.39. The molecule has 1 amide bonds. The first-order valence-electron chi connectivity index (χ1n) is 7.24. The molecular weight excluding hydrogens is 256 g/mol. The van der Waals surface area contributed by atoms with Gasteiger partial charge in [-0.15, -0.1) is 11.3 Å². The molecule has 106 valence electrons. The highest BCUT2D eigenvalue weighted by atomic mass is 32.1. The molecule has 1 aromatic heterocycles. The van der Waals surface area contributed by atoms with Crippen LogP contribution in [0.3, 0.4) is 0 Å². The minimum Gasteiger partial charge on any atom is -0.337 e. The highest BCUT2D eigenvalue weighted by Gasteiger charge is 2.40. The summed E-state index contributed by atoms with van der Waals surface area (Å²) in [5.41, 5.74) is -0.126. The van der Waals surface area contributed by atoms with E-state index >= 15 is 0 Å². The molecule has 1 N–H and O–H groups in total. The van der Waals surface area contributed by atoms with Crippen molar-refractivity contribution >= 4 is 17.2 Å². The van der Waals surface area contributed by atoms with Crippen LogP contribution in [0.25, 0.3) is 0 Å². The Morgan fingerprint density at radius 2 is 2.16 bits per heavy atom. The van der Waals surface area contributed by atoms with Crippen LogP contribution in [-0.4, -0.2) is 30.4 Å². The highest BCUT2D eigenvalue weighted by molar-refractivity contribution is 7.09. The van der Waals surface area contributed by atoms with E-state index in [4.69, 9.17) is 0 Å². The van der Waals surface area contributed by atoms with Crippen LogP contribution in [0.4, 0.5) is 0 Å². The van der Waals surface area contributed by atoms with Crippen molar-refractivity contribution in [2.24, 2.45) is 5.41 Å². The molecule has 0 spiro atoms. The fourth-order valence-corrected chi connectivity index (χ4v) is 3.60. The molecule has 1 aliphatic rings. The normalized spacial score (nSPS) is 18.2. The summed E-state index contributed by atoms with van der Waals surface area (Å²) in [5, 5.41) is 5.44. The summed E-state index contributed by atoms with van der Waals surface area (Å²) in [7, 11) is 0. The van der Waals surface area contributed by atoms with Gasteiger partial charge in [-0.05, 0) is 50.7 Å². The van der Waals surface area contributed by atoms with E-state index in [2.05, 4.69) is 36.7 Å². The standard InChI is InChI=1S/C15H24N2OS/c1-3-15(7-9-16-10-8-15)14(18)17(4-2)12-13-6-5-11-19-13/h5-6,11,16H,3-4,7-10,12H2,1-2H3. The smallest absolute Gasteiger partial charge is 0.229 e. The van der Waals surface area contributed by atoms with Crippen molar-refractivity contribution in [3.8, 4) is 0 Å². The number of piperidine rings is 1. The van der Waals surface area contributed by atoms with E-state index in [0.717, 1.165) is 45.4 Å². The van der Waals surface area contributed by atoms with Crippen LogP contribution >= 0.6 is 11.3 Å². The topological polar surface area (TPSA) is 32.3 Å². The summed E-state index contributed by atoms with van der Waals surface area (Å²) in [4.78, 5) is 16.2. The molecule has 19 heavy (non-hydrogen) atoms. The third-order valence-corrected chi connectivity index (χ3v) is 5.15. The average molecular weight is 280 g/mol. The van der Waals surface area contributed by atoms with Gasteiger partial charge in [-0.3, -0.25) is 4.79 Å². The highest BCUT2D eigenvalue weighted by Crippen LogP contribution is 2.35. The largest absolute Gasteiger partial charge is 0.337 e. The predicted octanol–water partition coefficient (Wildman–Crippen LogP) is 2.88. The molecule has 3 nitrogen and oxygen atoms in total. The zero-order valence-electron chi connectivity index (χ0n) is 11.9. The molecule has 0 unspecified atom stereocenters. The van der Waals surface area contributed by atoms with Crippen LogP contribution in [0.2, 0.25) is 0 Å². The van der Waals surface area contributed by atoms with Gasteiger partial charge >= 0.3 is 0 Å². The Labute approximate surface area is 120 Å². The minimum atomic E-state index is -0.126. The first-order chi connectivity index (χ1) is 9.22. The summed E-state index contributed by atoms with van der Waals surface area (Å²) < 4.78 is 0. The average Bonchev–Trinajstić information content (AvgIpc) is 2.97. The number of carbonyl (C=O) groups excluding carboxylic acids is 1. The van der Waals surface area contributed by atoms with Gasteiger partial charge < -0.3 is 10.2 Å². The van der Waals surface area contributed by atoms with Gasteiger partial charge in [0.05, 0.1) is 12.0 Å². The Morgan fingerprint density at radius 1 is 1.42 bits per heavy atom. The molecule has 4 heteroatoms. The molecule has 2 rings (SSSR count). The summed E-state index contributed by atoms with van der Waals surface area (Å²) >= 11 is 1.73. The first kappa shape index (κ1) is 14.5. The Bertz CT molecular complexity index is 396. The summed E-state index contributed by atoms with van der Waals surface area (Å²) in [6.07, 6.45) is 2.90. The van der Waals surface area contributed by atoms with E-state index in [1.54, 1.807) is 11.3 Å². The van der Waals surface area contributed by atoms with Crippen molar-refractivity contribution < 1.29 is 4.79 Å². The van der Waals surface area contributed by atoms with Crippen molar-refractivity contribution in [2.75, 3.05) is 19.6 Å². The Kier molecular flexibility index (Phi) is 4.99. The molecule has 0 aromatic carbocycles. The first-order valence-corrected chi connectivity index (χ1v) is 8.12. The number of thiophene rings is 1. The van der Waals surface area contributed by atoms with Crippen LogP contribution in [0, 0.1) is 5.41 Å². The molecule has 0 saturated carbocycles. The van der Waals surface area contributed by atoms with Crippen molar-refractivity contribution in [1.82, 2.24) is 10.2 Å². The zero-order chi connectivity index (χ0) is 13.7. The molecule has 0 radical (unpaired) electrons. The fourth-order valence-electron chi connectivity index (χ4n) is 2.88. The maximum Gasteiger partial charge on any atom is 0.229 e. The quantitative estimate of drug-likeness (QED) is 0.899. The van der Waals surface area contributed by atoms with Crippen molar-refractivity contribution in [1.29, 1.82) is 0 Å². The number of rotatable bonds is 5. The molecular formula is C15H24N2OS. The van der Waals surface area contributed by atoms with Crippen LogP contribution in [0.15, 0.2) is 17.5 Å². The van der Waals surface area contributed by atoms with Crippen LogP contribution in [-0.2, 0) is 11.3 Å². The van der Waals surface area contributed by atoms with E-state index < -0.39 is 0 Å². The predicted molar refractivity (Wildman–Crippen MR) is 80.2 cm³/mol. The van der Waals surface area contributed by atoms with Crippen molar-refractivity contribution in [2.45, 2.75) is 39.7 Å². The lowest BCUT2D eigenvalue weighted by atomic mass is 9.75. The van der Waals surface area contributed by atoms with E-state index in [-0.39, 0.29) is 5.41 Å². The number of nitrogens with zero attached hydrogens (tertiary/aromatic N) is 1. The monoisotopic (exact) mass is 280 g/mol. The number of hydrogen-bond donors (Lipinski definition) is 1. The third-order valence-electron chi connectivity index (χ3n) is 4.29. The third kappa shape index (κ3) is 3.18. The number of carbonyl (C=O) groups is 1. The Morgan fingerprint density at radius 3 is 2.68 bits per heavy atom. The second-order valence-electron chi connectivity index (χ2n) is 5.28. The van der Waals surface area contributed by atoms with Gasteiger partial charge in [0.15, 0.2) is 0 Å². The number of nitrogens with one attached hydrogen (secondary N) is 1. The molecule has 1 fully saturated rings. The Balaban J connectivity index is 2.10. The lowest BCUT2D eigenvalue weighted by Crippen LogP contribution is -2.48.